The summed E-state index contributed by atoms with van der Waals surface area (Å²) in [6, 6.07) is 5.88. The van der Waals surface area contributed by atoms with Crippen LogP contribution in [0.1, 0.15) is 18.1 Å². The fraction of sp³-hybridized carbons (Fsp3) is 0.588. The van der Waals surface area contributed by atoms with E-state index in [1.807, 2.05) is 32.0 Å². The van der Waals surface area contributed by atoms with E-state index in [0.717, 1.165) is 49.7 Å². The number of ether oxygens (including phenoxy) is 2. The van der Waals surface area contributed by atoms with E-state index in [1.54, 1.807) is 6.92 Å². The maximum atomic E-state index is 12.1. The van der Waals surface area contributed by atoms with Crippen LogP contribution in [0.2, 0.25) is 0 Å². The van der Waals surface area contributed by atoms with Crippen LogP contribution in [0, 0.1) is 13.8 Å². The van der Waals surface area contributed by atoms with Crippen LogP contribution in [0.25, 0.3) is 0 Å². The van der Waals surface area contributed by atoms with Gasteiger partial charge in [-0.15, -0.1) is 0 Å². The van der Waals surface area contributed by atoms with Gasteiger partial charge in [-0.1, -0.05) is 12.1 Å². The van der Waals surface area contributed by atoms with Crippen molar-refractivity contribution in [1.82, 2.24) is 10.2 Å². The first-order chi connectivity index (χ1) is 10.6. The van der Waals surface area contributed by atoms with Crippen LogP contribution in [0.5, 0.6) is 5.75 Å². The third kappa shape index (κ3) is 4.71. The number of carbonyl (C=O) groups is 1. The molecular formula is C17H26N2O3. The van der Waals surface area contributed by atoms with Gasteiger partial charge in [-0.25, -0.2) is 0 Å². The summed E-state index contributed by atoms with van der Waals surface area (Å²) >= 11 is 0. The van der Waals surface area contributed by atoms with Gasteiger partial charge >= 0.3 is 0 Å². The number of aryl methyl sites for hydroxylation is 1. The van der Waals surface area contributed by atoms with E-state index in [1.165, 1.54) is 0 Å². The molecule has 5 nitrogen and oxygen atoms in total. The molecule has 1 atom stereocenters. The molecule has 1 fully saturated rings. The lowest BCUT2D eigenvalue weighted by molar-refractivity contribution is -0.127. The number of morpholine rings is 1. The van der Waals surface area contributed by atoms with Crippen molar-refractivity contribution in [3.8, 4) is 5.75 Å². The topological polar surface area (TPSA) is 50.8 Å². The maximum Gasteiger partial charge on any atom is 0.260 e. The highest BCUT2D eigenvalue weighted by molar-refractivity contribution is 5.80. The smallest absolute Gasteiger partial charge is 0.260 e. The minimum Gasteiger partial charge on any atom is -0.481 e. The van der Waals surface area contributed by atoms with Crippen LogP contribution in [-0.4, -0.2) is 56.3 Å². The molecule has 1 heterocycles. The number of benzene rings is 1. The Kier molecular flexibility index (Phi) is 6.21. The molecule has 5 heteroatoms. The van der Waals surface area contributed by atoms with Gasteiger partial charge in [-0.2, -0.15) is 0 Å². The van der Waals surface area contributed by atoms with Crippen molar-refractivity contribution >= 4 is 5.91 Å². The molecule has 0 unspecified atom stereocenters. The number of carbonyl (C=O) groups excluding carboxylic acids is 1. The molecular weight excluding hydrogens is 280 g/mol. The van der Waals surface area contributed by atoms with Crippen LogP contribution < -0.4 is 10.1 Å². The first-order valence-electron chi connectivity index (χ1n) is 7.88. The highest BCUT2D eigenvalue weighted by Gasteiger charge is 2.16. The third-order valence-corrected chi connectivity index (χ3v) is 4.06. The van der Waals surface area contributed by atoms with Crippen LogP contribution in [0.3, 0.4) is 0 Å². The molecule has 1 aromatic rings. The van der Waals surface area contributed by atoms with Crippen molar-refractivity contribution in [1.29, 1.82) is 0 Å². The number of nitrogens with one attached hydrogen (secondary N) is 1. The highest BCUT2D eigenvalue weighted by atomic mass is 16.5. The van der Waals surface area contributed by atoms with E-state index in [9.17, 15) is 4.79 Å². The molecule has 122 valence electrons. The monoisotopic (exact) mass is 306 g/mol. The zero-order valence-electron chi connectivity index (χ0n) is 13.7. The molecule has 0 radical (unpaired) electrons. The predicted octanol–water partition coefficient (Wildman–Crippen LogP) is 1.52. The standard InChI is InChI=1S/C17H26N2O3/c1-13-5-4-6-16(14(13)2)22-15(3)17(20)18-7-8-19-9-11-21-12-10-19/h4-6,15H,7-12H2,1-3H3,(H,18,20)/t15-/m0/s1. The molecule has 0 aromatic heterocycles. The van der Waals surface area contributed by atoms with Crippen molar-refractivity contribution < 1.29 is 14.3 Å². The lowest BCUT2D eigenvalue weighted by atomic mass is 10.1. The number of amides is 1. The van der Waals surface area contributed by atoms with Gasteiger partial charge in [0.05, 0.1) is 13.2 Å². The fourth-order valence-electron chi connectivity index (χ4n) is 2.40. The summed E-state index contributed by atoms with van der Waals surface area (Å²) in [6.45, 7) is 10.7. The molecule has 1 aliphatic rings. The SMILES string of the molecule is Cc1cccc(O[C@@H](C)C(=O)NCCN2CCOCC2)c1C. The molecule has 22 heavy (non-hydrogen) atoms. The third-order valence-electron chi connectivity index (χ3n) is 4.06. The Labute approximate surface area is 132 Å². The van der Waals surface area contributed by atoms with E-state index >= 15 is 0 Å². The molecule has 0 spiro atoms. The van der Waals surface area contributed by atoms with Crippen molar-refractivity contribution in [3.05, 3.63) is 29.3 Å². The van der Waals surface area contributed by atoms with Crippen molar-refractivity contribution in [2.45, 2.75) is 26.9 Å². The second-order valence-corrected chi connectivity index (χ2v) is 5.70. The molecule has 1 saturated heterocycles. The molecule has 2 rings (SSSR count). The Balaban J connectivity index is 1.75. The second kappa shape index (κ2) is 8.15. The van der Waals surface area contributed by atoms with Crippen molar-refractivity contribution in [2.24, 2.45) is 0 Å². The Morgan fingerprint density at radius 3 is 2.82 bits per heavy atom. The van der Waals surface area contributed by atoms with Gasteiger partial charge in [0.1, 0.15) is 5.75 Å². The van der Waals surface area contributed by atoms with Crippen LogP contribution in [0.4, 0.5) is 0 Å². The average Bonchev–Trinajstić information content (AvgIpc) is 2.52. The average molecular weight is 306 g/mol. The molecule has 1 amide bonds. The minimum absolute atomic E-state index is 0.0748. The van der Waals surface area contributed by atoms with Gasteiger partial charge in [-0.05, 0) is 38.0 Å². The van der Waals surface area contributed by atoms with E-state index in [-0.39, 0.29) is 5.91 Å². The number of rotatable bonds is 6. The van der Waals surface area contributed by atoms with E-state index < -0.39 is 6.10 Å². The maximum absolute atomic E-state index is 12.1. The molecule has 0 bridgehead atoms. The van der Waals surface area contributed by atoms with Gasteiger partial charge in [0.15, 0.2) is 6.10 Å². The van der Waals surface area contributed by atoms with E-state index in [2.05, 4.69) is 10.2 Å². The molecule has 1 N–H and O–H groups in total. The lowest BCUT2D eigenvalue weighted by Gasteiger charge is -2.26. The Morgan fingerprint density at radius 2 is 2.09 bits per heavy atom. The Morgan fingerprint density at radius 1 is 1.36 bits per heavy atom. The van der Waals surface area contributed by atoms with Crippen LogP contribution in [-0.2, 0) is 9.53 Å². The van der Waals surface area contributed by atoms with Gasteiger partial charge in [0.2, 0.25) is 0 Å². The summed E-state index contributed by atoms with van der Waals surface area (Å²) in [4.78, 5) is 14.4. The minimum atomic E-state index is -0.495. The van der Waals surface area contributed by atoms with Gasteiger partial charge < -0.3 is 14.8 Å². The van der Waals surface area contributed by atoms with Gasteiger partial charge in [-0.3, -0.25) is 9.69 Å². The first-order valence-corrected chi connectivity index (χ1v) is 7.88. The van der Waals surface area contributed by atoms with Crippen molar-refractivity contribution in [2.75, 3.05) is 39.4 Å². The number of nitrogens with zero attached hydrogens (tertiary/aromatic N) is 1. The summed E-state index contributed by atoms with van der Waals surface area (Å²) in [5, 5.41) is 2.94. The molecule has 1 aromatic carbocycles. The number of hydrogen-bond acceptors (Lipinski definition) is 4. The largest absolute Gasteiger partial charge is 0.481 e. The van der Waals surface area contributed by atoms with Gasteiger partial charge in [0.25, 0.3) is 5.91 Å². The number of hydrogen-bond donors (Lipinski definition) is 1. The first kappa shape index (κ1) is 16.8. The zero-order valence-corrected chi connectivity index (χ0v) is 13.7. The summed E-state index contributed by atoms with van der Waals surface area (Å²) in [5.41, 5.74) is 2.24. The summed E-state index contributed by atoms with van der Waals surface area (Å²) in [7, 11) is 0. The van der Waals surface area contributed by atoms with E-state index in [4.69, 9.17) is 9.47 Å². The quantitative estimate of drug-likeness (QED) is 0.866. The van der Waals surface area contributed by atoms with Gasteiger partial charge in [0, 0.05) is 26.2 Å². The second-order valence-electron chi connectivity index (χ2n) is 5.70. The van der Waals surface area contributed by atoms with E-state index in [0.29, 0.717) is 6.54 Å². The highest BCUT2D eigenvalue weighted by Crippen LogP contribution is 2.21. The van der Waals surface area contributed by atoms with Crippen LogP contribution in [0.15, 0.2) is 18.2 Å². The lowest BCUT2D eigenvalue weighted by Crippen LogP contribution is -2.43. The predicted molar refractivity (Wildman–Crippen MR) is 86.3 cm³/mol. The Bertz CT molecular complexity index is 499. The normalized spacial score (nSPS) is 17.0. The van der Waals surface area contributed by atoms with Crippen LogP contribution >= 0.6 is 0 Å². The fourth-order valence-corrected chi connectivity index (χ4v) is 2.40. The Hall–Kier alpha value is -1.59. The van der Waals surface area contributed by atoms with Crippen molar-refractivity contribution in [3.63, 3.8) is 0 Å². The zero-order chi connectivity index (χ0) is 15.9. The molecule has 0 saturated carbocycles. The summed E-state index contributed by atoms with van der Waals surface area (Å²) in [6.07, 6.45) is -0.495. The summed E-state index contributed by atoms with van der Waals surface area (Å²) in [5.74, 6) is 0.699. The molecule has 1 aliphatic heterocycles. The molecule has 0 aliphatic carbocycles. The summed E-state index contributed by atoms with van der Waals surface area (Å²) < 4.78 is 11.1.